The summed E-state index contributed by atoms with van der Waals surface area (Å²) in [7, 11) is -3.51. The molecular weight excluding hydrogens is 428 g/mol. The van der Waals surface area contributed by atoms with Gasteiger partial charge >= 0.3 is 0 Å². The fraction of sp³-hybridized carbons (Fsp3) is 0.478. The number of rotatable bonds is 4. The van der Waals surface area contributed by atoms with Crippen molar-refractivity contribution in [3.63, 3.8) is 0 Å². The number of hydrogen-bond donors (Lipinski definition) is 0. The molecule has 2 saturated heterocycles. The van der Waals surface area contributed by atoms with E-state index in [1.807, 2.05) is 19.1 Å². The number of hydrogen-bond acceptors (Lipinski definition) is 6. The molecule has 1 atom stereocenters. The molecular formula is C23H28N4O2S2. The zero-order chi connectivity index (χ0) is 21.5. The van der Waals surface area contributed by atoms with E-state index < -0.39 is 10.0 Å². The molecule has 0 bridgehead atoms. The fourth-order valence-electron chi connectivity index (χ4n) is 5.21. The Hall–Kier alpha value is -1.87. The van der Waals surface area contributed by atoms with Crippen LogP contribution in [0.3, 0.4) is 0 Å². The summed E-state index contributed by atoms with van der Waals surface area (Å²) in [6, 6.07) is 11.5. The Morgan fingerprint density at radius 2 is 1.94 bits per heavy atom. The Morgan fingerprint density at radius 1 is 1.10 bits per heavy atom. The molecule has 2 aliphatic rings. The van der Waals surface area contributed by atoms with E-state index >= 15 is 0 Å². The summed E-state index contributed by atoms with van der Waals surface area (Å²) in [5.41, 5.74) is 4.78. The Balaban J connectivity index is 1.34. The Labute approximate surface area is 188 Å². The van der Waals surface area contributed by atoms with Crippen molar-refractivity contribution in [2.45, 2.75) is 44.0 Å². The zero-order valence-corrected chi connectivity index (χ0v) is 19.5. The molecule has 0 N–H and O–H groups in total. The molecule has 8 heteroatoms. The molecule has 4 heterocycles. The quantitative estimate of drug-likeness (QED) is 0.592. The predicted octanol–water partition coefficient (Wildman–Crippen LogP) is 4.07. The lowest BCUT2D eigenvalue weighted by Gasteiger charge is -2.48. The van der Waals surface area contributed by atoms with Gasteiger partial charge in [-0.3, -0.25) is 9.88 Å². The van der Waals surface area contributed by atoms with E-state index in [-0.39, 0.29) is 5.41 Å². The minimum Gasteiger partial charge on any atom is -0.297 e. The summed E-state index contributed by atoms with van der Waals surface area (Å²) >= 11 is 1.48. The molecule has 3 aromatic rings. The van der Waals surface area contributed by atoms with Gasteiger partial charge in [-0.25, -0.2) is 13.4 Å². The molecule has 2 fully saturated rings. The van der Waals surface area contributed by atoms with Gasteiger partial charge in [0.05, 0.1) is 26.3 Å². The largest absolute Gasteiger partial charge is 0.297 e. The molecule has 1 unspecified atom stereocenters. The topological polar surface area (TPSA) is 66.4 Å². The van der Waals surface area contributed by atoms with Crippen LogP contribution in [0.5, 0.6) is 0 Å². The number of sulfonamides is 1. The molecule has 31 heavy (non-hydrogen) atoms. The third-order valence-electron chi connectivity index (χ3n) is 6.64. The van der Waals surface area contributed by atoms with Crippen molar-refractivity contribution in [1.29, 1.82) is 0 Å². The van der Waals surface area contributed by atoms with E-state index in [2.05, 4.69) is 27.0 Å². The highest BCUT2D eigenvalue weighted by Gasteiger charge is 2.42. The number of aryl methyl sites for hydroxylation is 1. The highest BCUT2D eigenvalue weighted by molar-refractivity contribution is 7.89. The van der Waals surface area contributed by atoms with Crippen LogP contribution in [-0.2, 0) is 16.6 Å². The first kappa shape index (κ1) is 21.0. The van der Waals surface area contributed by atoms with Crippen molar-refractivity contribution in [2.75, 3.05) is 26.2 Å². The number of aromatic nitrogens is 2. The van der Waals surface area contributed by atoms with E-state index in [1.54, 1.807) is 21.9 Å². The van der Waals surface area contributed by atoms with Gasteiger partial charge in [0.1, 0.15) is 0 Å². The summed E-state index contributed by atoms with van der Waals surface area (Å²) in [5, 5.41) is 0. The van der Waals surface area contributed by atoms with Gasteiger partial charge in [-0.05, 0) is 74.9 Å². The summed E-state index contributed by atoms with van der Waals surface area (Å²) in [6.07, 6.45) is 4.19. The van der Waals surface area contributed by atoms with Crippen LogP contribution >= 0.6 is 11.3 Å². The van der Waals surface area contributed by atoms with E-state index in [4.69, 9.17) is 0 Å². The zero-order valence-electron chi connectivity index (χ0n) is 17.8. The second-order valence-corrected chi connectivity index (χ2v) is 11.8. The molecule has 0 saturated carbocycles. The van der Waals surface area contributed by atoms with Gasteiger partial charge in [-0.1, -0.05) is 6.07 Å². The number of fused-ring (bicyclic) bond motifs is 1. The number of benzene rings is 1. The fourth-order valence-corrected chi connectivity index (χ4v) is 7.62. The third-order valence-corrected chi connectivity index (χ3v) is 9.27. The van der Waals surface area contributed by atoms with Gasteiger partial charge in [0.2, 0.25) is 10.0 Å². The van der Waals surface area contributed by atoms with E-state index in [9.17, 15) is 8.42 Å². The van der Waals surface area contributed by atoms with Crippen molar-refractivity contribution in [1.82, 2.24) is 19.2 Å². The molecule has 1 spiro atoms. The molecule has 164 valence electrons. The SMILES string of the molecule is Cc1cccc(CN2CCCC3(CCCN(S(=O)(=O)c4ccc5ncsc5c4)C3)C2)n1. The van der Waals surface area contributed by atoms with Crippen LogP contribution in [0.15, 0.2) is 46.8 Å². The highest BCUT2D eigenvalue weighted by Crippen LogP contribution is 2.40. The van der Waals surface area contributed by atoms with Crippen molar-refractivity contribution in [2.24, 2.45) is 5.41 Å². The summed E-state index contributed by atoms with van der Waals surface area (Å²) in [4.78, 5) is 11.8. The number of thiazole rings is 1. The van der Waals surface area contributed by atoms with Crippen LogP contribution < -0.4 is 0 Å². The maximum absolute atomic E-state index is 13.5. The van der Waals surface area contributed by atoms with Crippen LogP contribution in [0.2, 0.25) is 0 Å². The number of nitrogens with zero attached hydrogens (tertiary/aromatic N) is 4. The second-order valence-electron chi connectivity index (χ2n) is 9.01. The monoisotopic (exact) mass is 456 g/mol. The summed E-state index contributed by atoms with van der Waals surface area (Å²) in [6.45, 7) is 6.04. The van der Waals surface area contributed by atoms with Crippen LogP contribution in [-0.4, -0.2) is 53.8 Å². The second kappa shape index (κ2) is 8.24. The average molecular weight is 457 g/mol. The van der Waals surface area contributed by atoms with Crippen LogP contribution in [0.4, 0.5) is 0 Å². The molecule has 1 aromatic carbocycles. The van der Waals surface area contributed by atoms with Gasteiger partial charge in [-0.2, -0.15) is 4.31 Å². The molecule has 0 aliphatic carbocycles. The first-order valence-corrected chi connectivity index (χ1v) is 13.2. The lowest BCUT2D eigenvalue weighted by Crippen LogP contribution is -2.53. The van der Waals surface area contributed by atoms with Crippen LogP contribution in [0, 0.1) is 12.3 Å². The smallest absolute Gasteiger partial charge is 0.243 e. The standard InChI is InChI=1S/C23H28N4O2S2/c1-18-5-2-6-19(25-18)14-26-11-3-9-23(15-26)10-4-12-27(16-23)31(28,29)20-7-8-21-22(13-20)30-17-24-21/h2,5-8,13,17H,3-4,9-12,14-16H2,1H3. The van der Waals surface area contributed by atoms with Gasteiger partial charge in [0, 0.05) is 31.9 Å². The average Bonchev–Trinajstić information content (AvgIpc) is 3.22. The van der Waals surface area contributed by atoms with Crippen LogP contribution in [0.25, 0.3) is 10.2 Å². The van der Waals surface area contributed by atoms with Gasteiger partial charge in [0.15, 0.2) is 0 Å². The maximum atomic E-state index is 13.5. The Kier molecular flexibility index (Phi) is 5.58. The molecule has 2 aromatic heterocycles. The van der Waals surface area contributed by atoms with Crippen molar-refractivity contribution < 1.29 is 8.42 Å². The minimum absolute atomic E-state index is 0.0297. The predicted molar refractivity (Wildman–Crippen MR) is 124 cm³/mol. The summed E-state index contributed by atoms with van der Waals surface area (Å²) < 4.78 is 29.6. The van der Waals surface area contributed by atoms with Gasteiger partial charge in [-0.15, -0.1) is 11.3 Å². The van der Waals surface area contributed by atoms with Crippen molar-refractivity contribution >= 4 is 31.6 Å². The first-order valence-electron chi connectivity index (χ1n) is 10.9. The third kappa shape index (κ3) is 4.26. The minimum atomic E-state index is -3.51. The van der Waals surface area contributed by atoms with E-state index in [0.717, 1.165) is 66.9 Å². The lowest BCUT2D eigenvalue weighted by atomic mass is 9.74. The van der Waals surface area contributed by atoms with Crippen molar-refractivity contribution in [3.8, 4) is 0 Å². The highest BCUT2D eigenvalue weighted by atomic mass is 32.2. The summed E-state index contributed by atoms with van der Waals surface area (Å²) in [5.74, 6) is 0. The molecule has 0 radical (unpaired) electrons. The molecule has 6 nitrogen and oxygen atoms in total. The van der Waals surface area contributed by atoms with E-state index in [1.165, 1.54) is 11.3 Å². The van der Waals surface area contributed by atoms with Gasteiger partial charge in [0.25, 0.3) is 0 Å². The molecule has 2 aliphatic heterocycles. The maximum Gasteiger partial charge on any atom is 0.243 e. The number of pyridine rings is 1. The molecule has 5 rings (SSSR count). The van der Waals surface area contributed by atoms with E-state index in [0.29, 0.717) is 18.0 Å². The Bertz CT molecular complexity index is 1190. The molecule has 0 amide bonds. The normalized spacial score (nSPS) is 23.5. The number of piperidine rings is 2. The van der Waals surface area contributed by atoms with Crippen molar-refractivity contribution in [3.05, 3.63) is 53.3 Å². The number of likely N-dealkylation sites (tertiary alicyclic amines) is 1. The Morgan fingerprint density at radius 3 is 2.77 bits per heavy atom. The van der Waals surface area contributed by atoms with Crippen LogP contribution in [0.1, 0.15) is 37.1 Å². The lowest BCUT2D eigenvalue weighted by molar-refractivity contribution is 0.0356. The van der Waals surface area contributed by atoms with Gasteiger partial charge < -0.3 is 0 Å². The first-order chi connectivity index (χ1) is 14.9.